The van der Waals surface area contributed by atoms with E-state index in [0.29, 0.717) is 57.8 Å². The van der Waals surface area contributed by atoms with E-state index in [9.17, 15) is 36.5 Å². The number of thiol groups is 1. The number of benzene rings is 2. The maximum absolute atomic E-state index is 13.2. The zero-order valence-corrected chi connectivity index (χ0v) is 21.0. The summed E-state index contributed by atoms with van der Waals surface area (Å²) < 4.78 is 79.5. The average molecular weight is 560 g/mol. The van der Waals surface area contributed by atoms with E-state index in [1.807, 2.05) is 0 Å². The van der Waals surface area contributed by atoms with E-state index in [2.05, 4.69) is 23.4 Å². The van der Waals surface area contributed by atoms with Crippen molar-refractivity contribution in [1.82, 2.24) is 5.32 Å². The molecule has 3 rings (SSSR count). The third kappa shape index (κ3) is 6.90. The zero-order valence-electron chi connectivity index (χ0n) is 20.1. The molecule has 0 saturated carbocycles. The monoisotopic (exact) mass is 559 g/mol. The largest absolute Gasteiger partial charge is 0.416 e. The van der Waals surface area contributed by atoms with Gasteiger partial charge < -0.3 is 5.32 Å². The SMILES string of the molecule is CONc1c(S)cccc1/C(=C/NCc1cc(C(F)(F)F)cc(C(F)(F)F)c1)C1=CC([N+](=O)[O-])=C(C)CC1. The molecule has 6 nitrogen and oxygen atoms in total. The number of nitrogens with zero attached hydrogens (tertiary/aromatic N) is 1. The molecule has 0 spiro atoms. The van der Waals surface area contributed by atoms with Gasteiger partial charge in [0.25, 0.3) is 5.70 Å². The number of halogens is 6. The average Bonchev–Trinajstić information content (AvgIpc) is 2.82. The highest BCUT2D eigenvalue weighted by atomic mass is 32.1. The van der Waals surface area contributed by atoms with Crippen molar-refractivity contribution in [2.75, 3.05) is 12.6 Å². The molecule has 38 heavy (non-hydrogen) atoms. The molecule has 0 unspecified atom stereocenters. The van der Waals surface area contributed by atoms with E-state index >= 15 is 0 Å². The van der Waals surface area contributed by atoms with Crippen LogP contribution in [-0.2, 0) is 23.7 Å². The van der Waals surface area contributed by atoms with Gasteiger partial charge in [0, 0.05) is 40.4 Å². The minimum Gasteiger partial charge on any atom is -0.386 e. The van der Waals surface area contributed by atoms with Gasteiger partial charge in [-0.25, -0.2) is 0 Å². The van der Waals surface area contributed by atoms with Gasteiger partial charge in [-0.3, -0.25) is 20.4 Å². The first-order valence-electron chi connectivity index (χ1n) is 11.1. The third-order valence-corrected chi connectivity index (χ3v) is 6.17. The van der Waals surface area contributed by atoms with E-state index < -0.39 is 28.4 Å². The number of rotatable bonds is 8. The highest BCUT2D eigenvalue weighted by Crippen LogP contribution is 2.39. The molecule has 0 aromatic heterocycles. The highest BCUT2D eigenvalue weighted by Gasteiger charge is 2.36. The van der Waals surface area contributed by atoms with Crippen LogP contribution in [0.15, 0.2) is 70.4 Å². The van der Waals surface area contributed by atoms with Gasteiger partial charge in [-0.1, -0.05) is 12.1 Å². The molecule has 204 valence electrons. The molecule has 0 radical (unpaired) electrons. The van der Waals surface area contributed by atoms with Gasteiger partial charge in [-0.15, -0.1) is 12.6 Å². The van der Waals surface area contributed by atoms with Crippen LogP contribution >= 0.6 is 12.6 Å². The number of alkyl halides is 6. The van der Waals surface area contributed by atoms with Crippen molar-refractivity contribution in [3.8, 4) is 0 Å². The van der Waals surface area contributed by atoms with Crippen molar-refractivity contribution in [2.45, 2.75) is 43.6 Å². The van der Waals surface area contributed by atoms with Crippen LogP contribution in [-0.4, -0.2) is 12.0 Å². The second kappa shape index (κ2) is 11.5. The molecular formula is C25H23F6N3O3S. The number of para-hydroxylation sites is 1. The lowest BCUT2D eigenvalue weighted by Gasteiger charge is -2.21. The van der Waals surface area contributed by atoms with E-state index in [4.69, 9.17) is 4.84 Å². The Labute approximate surface area is 219 Å². The minimum atomic E-state index is -4.97. The first kappa shape index (κ1) is 29.1. The van der Waals surface area contributed by atoms with Gasteiger partial charge in [-0.05, 0) is 55.2 Å². The summed E-state index contributed by atoms with van der Waals surface area (Å²) in [6.07, 6.45) is -6.35. The summed E-state index contributed by atoms with van der Waals surface area (Å²) in [6.45, 7) is 1.26. The summed E-state index contributed by atoms with van der Waals surface area (Å²) in [7, 11) is 1.37. The maximum Gasteiger partial charge on any atom is 0.416 e. The van der Waals surface area contributed by atoms with Crippen LogP contribution in [0.3, 0.4) is 0 Å². The van der Waals surface area contributed by atoms with E-state index in [-0.39, 0.29) is 23.9 Å². The fourth-order valence-electron chi connectivity index (χ4n) is 3.94. The van der Waals surface area contributed by atoms with Crippen molar-refractivity contribution < 1.29 is 36.1 Å². The Kier molecular flexibility index (Phi) is 8.82. The number of hydrogen-bond acceptors (Lipinski definition) is 6. The van der Waals surface area contributed by atoms with Crippen LogP contribution in [0.25, 0.3) is 5.57 Å². The lowest BCUT2D eigenvalue weighted by Crippen LogP contribution is -2.14. The summed E-state index contributed by atoms with van der Waals surface area (Å²) in [5, 5.41) is 14.3. The Morgan fingerprint density at radius 1 is 1.11 bits per heavy atom. The van der Waals surface area contributed by atoms with Gasteiger partial charge in [0.05, 0.1) is 28.8 Å². The molecule has 0 heterocycles. The zero-order chi connectivity index (χ0) is 28.3. The van der Waals surface area contributed by atoms with Crippen molar-refractivity contribution >= 4 is 23.9 Å². The number of nitro groups is 1. The molecular weight excluding hydrogens is 536 g/mol. The van der Waals surface area contributed by atoms with Crippen LogP contribution in [0.2, 0.25) is 0 Å². The predicted molar refractivity (Wildman–Crippen MR) is 133 cm³/mol. The Morgan fingerprint density at radius 3 is 2.29 bits per heavy atom. The molecule has 0 amide bonds. The van der Waals surface area contributed by atoms with Crippen LogP contribution in [0, 0.1) is 10.1 Å². The molecule has 13 heteroatoms. The Hall–Kier alpha value is -3.45. The van der Waals surface area contributed by atoms with Crippen LogP contribution in [0.5, 0.6) is 0 Å². The molecule has 1 aliphatic rings. The predicted octanol–water partition coefficient (Wildman–Crippen LogP) is 7.39. The summed E-state index contributed by atoms with van der Waals surface area (Å²) in [6, 6.07) is 6.36. The summed E-state index contributed by atoms with van der Waals surface area (Å²) in [5.74, 6) is 0. The first-order valence-corrected chi connectivity index (χ1v) is 11.6. The lowest BCUT2D eigenvalue weighted by molar-refractivity contribution is -0.420. The van der Waals surface area contributed by atoms with Crippen LogP contribution in [0.4, 0.5) is 32.0 Å². The van der Waals surface area contributed by atoms with Gasteiger partial charge in [0.1, 0.15) is 0 Å². The lowest BCUT2D eigenvalue weighted by atomic mass is 9.88. The number of hydrogen-bond donors (Lipinski definition) is 3. The fourth-order valence-corrected chi connectivity index (χ4v) is 4.19. The molecule has 2 aromatic carbocycles. The van der Waals surface area contributed by atoms with E-state index in [1.54, 1.807) is 25.1 Å². The number of nitrogens with one attached hydrogen (secondary N) is 2. The molecule has 0 bridgehead atoms. The molecule has 2 aromatic rings. The van der Waals surface area contributed by atoms with Gasteiger partial charge in [-0.2, -0.15) is 26.3 Å². The van der Waals surface area contributed by atoms with E-state index in [1.165, 1.54) is 19.4 Å². The summed E-state index contributed by atoms with van der Waals surface area (Å²) in [5.41, 5.74) is 1.97. The van der Waals surface area contributed by atoms with Gasteiger partial charge in [0.2, 0.25) is 0 Å². The second-order valence-electron chi connectivity index (χ2n) is 8.45. The molecule has 2 N–H and O–H groups in total. The van der Waals surface area contributed by atoms with Crippen molar-refractivity contribution in [3.63, 3.8) is 0 Å². The fraction of sp³-hybridized carbons (Fsp3) is 0.280. The number of anilines is 1. The quantitative estimate of drug-likeness (QED) is 0.136. The van der Waals surface area contributed by atoms with Gasteiger partial charge >= 0.3 is 12.4 Å². The van der Waals surface area contributed by atoms with E-state index in [0.717, 1.165) is 0 Å². The number of allylic oxidation sites excluding steroid dienone is 4. The standard InChI is InChI=1S/C25H23F6N3O3S/c1-14-6-7-16(10-21(14)34(35)36)20(19-4-3-5-22(38)23(19)33-37-2)13-32-12-15-8-17(24(26,27)28)11-18(9-15)25(29,30)31/h3-5,8-11,13,32-33,38H,6-7,12H2,1-2H3/b20-13+. The normalized spacial score (nSPS) is 14.9. The van der Waals surface area contributed by atoms with Crippen LogP contribution in [0.1, 0.15) is 42.0 Å². The van der Waals surface area contributed by atoms with Crippen molar-refractivity contribution in [2.24, 2.45) is 0 Å². The molecule has 0 aliphatic heterocycles. The molecule has 0 fully saturated rings. The molecule has 0 atom stereocenters. The topological polar surface area (TPSA) is 76.4 Å². The van der Waals surface area contributed by atoms with Crippen molar-refractivity contribution in [3.05, 3.63) is 97.9 Å². The second-order valence-corrected chi connectivity index (χ2v) is 8.93. The first-order chi connectivity index (χ1) is 17.7. The highest BCUT2D eigenvalue weighted by molar-refractivity contribution is 7.80. The Balaban J connectivity index is 2.08. The van der Waals surface area contributed by atoms with Crippen molar-refractivity contribution in [1.29, 1.82) is 0 Å². The minimum absolute atomic E-state index is 0.0618. The van der Waals surface area contributed by atoms with Crippen LogP contribution < -0.4 is 10.8 Å². The summed E-state index contributed by atoms with van der Waals surface area (Å²) in [4.78, 5) is 16.6. The Morgan fingerprint density at radius 2 is 1.74 bits per heavy atom. The molecule has 1 aliphatic carbocycles. The third-order valence-electron chi connectivity index (χ3n) is 5.80. The Bertz CT molecular complexity index is 1280. The molecule has 0 saturated heterocycles. The van der Waals surface area contributed by atoms with Gasteiger partial charge in [0.15, 0.2) is 0 Å². The summed E-state index contributed by atoms with van der Waals surface area (Å²) >= 11 is 4.41. The smallest absolute Gasteiger partial charge is 0.386 e. The maximum atomic E-state index is 13.2.